The normalized spacial score (nSPS) is 17.3. The van der Waals surface area contributed by atoms with Gasteiger partial charge in [-0.3, -0.25) is 4.48 Å². The average molecular weight is 397 g/mol. The lowest BCUT2D eigenvalue weighted by Crippen LogP contribution is -2.50. The summed E-state index contributed by atoms with van der Waals surface area (Å²) in [6, 6.07) is 13.8. The molecule has 0 unspecified atom stereocenters. The topological polar surface area (TPSA) is 26.5 Å². The van der Waals surface area contributed by atoms with Gasteiger partial charge in [0.1, 0.15) is 17.0 Å². The fraction of sp³-hybridized carbons (Fsp3) is 0.435. The predicted molar refractivity (Wildman–Crippen MR) is 115 cm³/mol. The van der Waals surface area contributed by atoms with Crippen LogP contribution in [-0.2, 0) is 6.42 Å². The van der Waals surface area contributed by atoms with E-state index in [1.54, 1.807) is 7.11 Å². The first-order valence-corrected chi connectivity index (χ1v) is 10.7. The van der Waals surface area contributed by atoms with Crippen LogP contribution < -0.4 is 9.22 Å². The molecule has 0 atom stereocenters. The van der Waals surface area contributed by atoms with Crippen LogP contribution in [-0.4, -0.2) is 35.9 Å². The van der Waals surface area contributed by atoms with Gasteiger partial charge in [0.25, 0.3) is 0 Å². The summed E-state index contributed by atoms with van der Waals surface area (Å²) >= 11 is 6.61. The molecule has 2 saturated carbocycles. The number of methoxy groups -OCH3 is 1. The molecular formula is C23H27ClN3O+. The van der Waals surface area contributed by atoms with Crippen molar-refractivity contribution in [3.8, 4) is 17.0 Å². The zero-order chi connectivity index (χ0) is 19.5. The third kappa shape index (κ3) is 2.66. The molecule has 0 radical (unpaired) electrons. The van der Waals surface area contributed by atoms with E-state index in [1.807, 2.05) is 18.2 Å². The number of ether oxygens (including phenoxy) is 1. The Kier molecular flexibility index (Phi) is 4.18. The van der Waals surface area contributed by atoms with Crippen LogP contribution in [0.25, 0.3) is 16.8 Å². The summed E-state index contributed by atoms with van der Waals surface area (Å²) in [5.74, 6) is 0.767. The number of pyridine rings is 1. The lowest BCUT2D eigenvalue weighted by molar-refractivity contribution is 0.309. The molecule has 2 fully saturated rings. The highest BCUT2D eigenvalue weighted by Gasteiger charge is 2.54. The van der Waals surface area contributed by atoms with Gasteiger partial charge in [-0.05, 0) is 36.8 Å². The van der Waals surface area contributed by atoms with Gasteiger partial charge in [0.2, 0.25) is 0 Å². The highest BCUT2D eigenvalue weighted by molar-refractivity contribution is 6.33. The number of hydrogen-bond donors (Lipinski definition) is 0. The van der Waals surface area contributed by atoms with Crippen molar-refractivity contribution in [2.75, 3.05) is 14.2 Å². The van der Waals surface area contributed by atoms with Crippen LogP contribution in [0.5, 0.6) is 5.75 Å². The highest BCUT2D eigenvalue weighted by atomic mass is 35.5. The van der Waals surface area contributed by atoms with Crippen LogP contribution in [0.15, 0.2) is 36.4 Å². The molecule has 146 valence electrons. The average Bonchev–Trinajstić information content (AvgIpc) is 3.61. The molecule has 0 spiro atoms. The summed E-state index contributed by atoms with van der Waals surface area (Å²) in [6.07, 6.45) is 6.27. The SMILES string of the molecule is CCc1nn2c(-c3ccc(OC)cc3Cl)cccc2c1[N+](C)(C1CC1)C1CC1. The lowest BCUT2D eigenvalue weighted by atomic mass is 10.1. The number of aryl methyl sites for hydroxylation is 1. The van der Waals surface area contributed by atoms with Crippen LogP contribution in [0.1, 0.15) is 38.3 Å². The lowest BCUT2D eigenvalue weighted by Gasteiger charge is -2.34. The van der Waals surface area contributed by atoms with E-state index < -0.39 is 0 Å². The third-order valence-electron chi connectivity index (χ3n) is 6.58. The number of fused-ring (bicyclic) bond motifs is 1. The Bertz CT molecular complexity index is 1040. The molecule has 4 nitrogen and oxygen atoms in total. The number of quaternary nitrogens is 1. The Morgan fingerprint density at radius 2 is 1.86 bits per heavy atom. The maximum Gasteiger partial charge on any atom is 0.182 e. The van der Waals surface area contributed by atoms with Crippen molar-refractivity contribution >= 4 is 22.8 Å². The van der Waals surface area contributed by atoms with Crippen LogP contribution in [0, 0.1) is 0 Å². The molecule has 2 aliphatic rings. The molecule has 0 N–H and O–H groups in total. The molecule has 2 aromatic heterocycles. The molecule has 2 aliphatic carbocycles. The smallest absolute Gasteiger partial charge is 0.182 e. The molecule has 2 heterocycles. The Balaban J connectivity index is 1.73. The molecule has 5 rings (SSSR count). The number of rotatable bonds is 6. The van der Waals surface area contributed by atoms with Crippen LogP contribution >= 0.6 is 11.6 Å². The second-order valence-corrected chi connectivity index (χ2v) is 8.72. The van der Waals surface area contributed by atoms with Gasteiger partial charge in [0.05, 0.1) is 37.0 Å². The maximum absolute atomic E-state index is 6.61. The summed E-state index contributed by atoms with van der Waals surface area (Å²) < 4.78 is 8.49. The Hall–Kier alpha value is -2.04. The first kappa shape index (κ1) is 18.0. The summed E-state index contributed by atoms with van der Waals surface area (Å²) in [7, 11) is 4.10. The zero-order valence-corrected chi connectivity index (χ0v) is 17.5. The number of nitrogens with zero attached hydrogens (tertiary/aromatic N) is 3. The zero-order valence-electron chi connectivity index (χ0n) is 16.8. The Morgan fingerprint density at radius 1 is 1.14 bits per heavy atom. The van der Waals surface area contributed by atoms with Crippen LogP contribution in [0.3, 0.4) is 0 Å². The molecular weight excluding hydrogens is 370 g/mol. The third-order valence-corrected chi connectivity index (χ3v) is 6.89. The number of halogens is 1. The maximum atomic E-state index is 6.61. The summed E-state index contributed by atoms with van der Waals surface area (Å²) in [6.45, 7) is 2.22. The van der Waals surface area contributed by atoms with E-state index >= 15 is 0 Å². The Labute approximate surface area is 171 Å². The van der Waals surface area contributed by atoms with E-state index in [0.717, 1.165) is 40.0 Å². The molecule has 3 aromatic rings. The highest BCUT2D eigenvalue weighted by Crippen LogP contribution is 2.50. The summed E-state index contributed by atoms with van der Waals surface area (Å²) in [5, 5.41) is 5.77. The molecule has 0 amide bonds. The second kappa shape index (κ2) is 6.50. The van der Waals surface area contributed by atoms with E-state index in [2.05, 4.69) is 36.7 Å². The molecule has 0 aliphatic heterocycles. The van der Waals surface area contributed by atoms with Gasteiger partial charge in [-0.2, -0.15) is 5.10 Å². The van der Waals surface area contributed by atoms with Crippen molar-refractivity contribution in [3.63, 3.8) is 0 Å². The van der Waals surface area contributed by atoms with Gasteiger partial charge < -0.3 is 4.74 Å². The minimum atomic E-state index is 0.684. The van der Waals surface area contributed by atoms with Gasteiger partial charge in [-0.1, -0.05) is 24.6 Å². The van der Waals surface area contributed by atoms with Crippen molar-refractivity contribution in [1.82, 2.24) is 14.1 Å². The quantitative estimate of drug-likeness (QED) is 0.515. The van der Waals surface area contributed by atoms with Crippen molar-refractivity contribution in [3.05, 3.63) is 47.1 Å². The first-order valence-electron chi connectivity index (χ1n) is 10.3. The van der Waals surface area contributed by atoms with Crippen LogP contribution in [0.2, 0.25) is 5.02 Å². The number of aromatic nitrogens is 2. The van der Waals surface area contributed by atoms with Gasteiger partial charge >= 0.3 is 0 Å². The second-order valence-electron chi connectivity index (χ2n) is 8.31. The molecule has 0 saturated heterocycles. The van der Waals surface area contributed by atoms with Gasteiger partial charge in [-0.15, -0.1) is 0 Å². The molecule has 1 aromatic carbocycles. The van der Waals surface area contributed by atoms with Crippen molar-refractivity contribution in [2.45, 2.75) is 51.1 Å². The number of hydrogen-bond acceptors (Lipinski definition) is 2. The van der Waals surface area contributed by atoms with Crippen molar-refractivity contribution in [2.24, 2.45) is 0 Å². The van der Waals surface area contributed by atoms with E-state index in [0.29, 0.717) is 5.02 Å². The summed E-state index contributed by atoms with van der Waals surface area (Å²) in [5.41, 5.74) is 5.89. The number of benzene rings is 1. The minimum Gasteiger partial charge on any atom is -0.497 e. The van der Waals surface area contributed by atoms with E-state index in [4.69, 9.17) is 21.4 Å². The fourth-order valence-electron chi connectivity index (χ4n) is 4.79. The van der Waals surface area contributed by atoms with Crippen molar-refractivity contribution < 1.29 is 4.74 Å². The summed E-state index contributed by atoms with van der Waals surface area (Å²) in [4.78, 5) is 0. The van der Waals surface area contributed by atoms with Gasteiger partial charge in [0.15, 0.2) is 5.69 Å². The van der Waals surface area contributed by atoms with E-state index in [1.165, 1.54) is 42.6 Å². The molecule has 5 heteroatoms. The monoisotopic (exact) mass is 396 g/mol. The van der Waals surface area contributed by atoms with Gasteiger partial charge in [0, 0.05) is 31.2 Å². The minimum absolute atomic E-state index is 0.684. The predicted octanol–water partition coefficient (Wildman–Crippen LogP) is 5.49. The van der Waals surface area contributed by atoms with Crippen molar-refractivity contribution in [1.29, 1.82) is 0 Å². The largest absolute Gasteiger partial charge is 0.497 e. The van der Waals surface area contributed by atoms with E-state index in [-0.39, 0.29) is 0 Å². The molecule has 28 heavy (non-hydrogen) atoms. The van der Waals surface area contributed by atoms with E-state index in [9.17, 15) is 0 Å². The first-order chi connectivity index (χ1) is 13.6. The van der Waals surface area contributed by atoms with Crippen LogP contribution in [0.4, 0.5) is 5.69 Å². The van der Waals surface area contributed by atoms with Gasteiger partial charge in [-0.25, -0.2) is 4.52 Å². The molecule has 0 bridgehead atoms. The standard InChI is InChI=1S/C23H27ClN3O/c1-4-20-23(27(2,15-8-9-15)16-10-11-16)22-7-5-6-21(26(22)25-20)18-13-12-17(28-3)14-19(18)24/h5-7,12-16H,4,8-11H2,1-3H3/q+1. The fourth-order valence-corrected chi connectivity index (χ4v) is 5.05. The Morgan fingerprint density at radius 3 is 2.43 bits per heavy atom.